The number of hydrogen-bond donors (Lipinski definition) is 0. The van der Waals surface area contributed by atoms with Gasteiger partial charge in [0, 0.05) is 47.4 Å². The van der Waals surface area contributed by atoms with Crippen LogP contribution in [0.5, 0.6) is 0 Å². The summed E-state index contributed by atoms with van der Waals surface area (Å²) >= 11 is 1.87. The largest absolute Gasteiger partial charge is 0.293 e. The third kappa shape index (κ3) is 3.13. The molecule has 0 atom stereocenters. The van der Waals surface area contributed by atoms with Crippen LogP contribution < -0.4 is 10.5 Å². The fraction of sp³-hybridized carbons (Fsp3) is 0.0556. The highest BCUT2D eigenvalue weighted by atomic mass is 32.1. The van der Waals surface area contributed by atoms with Crippen LogP contribution in [0.3, 0.4) is 0 Å². The number of thiophene rings is 1. The number of hydrogen-bond acceptors (Lipinski definition) is 3. The lowest BCUT2D eigenvalue weighted by Gasteiger charge is -2.19. The zero-order chi connectivity index (χ0) is 27.3. The third-order valence-corrected chi connectivity index (χ3v) is 13.2. The molecular weight excluding hydrogens is 535 g/mol. The van der Waals surface area contributed by atoms with Crippen LogP contribution in [-0.2, 0) is 0 Å². The Morgan fingerprint density at radius 2 is 1.34 bits per heavy atom. The van der Waals surface area contributed by atoms with Gasteiger partial charge in [-0.25, -0.2) is 9.97 Å². The molecule has 1 aliphatic heterocycles. The maximum atomic E-state index is 5.43. The second-order valence-electron chi connectivity index (χ2n) is 11.4. The van der Waals surface area contributed by atoms with Gasteiger partial charge in [-0.05, 0) is 35.0 Å². The fourth-order valence-electron chi connectivity index (χ4n) is 6.82. The van der Waals surface area contributed by atoms with E-state index >= 15 is 0 Å². The van der Waals surface area contributed by atoms with Crippen molar-refractivity contribution < 1.29 is 0 Å². The SMILES string of the molecule is C[Si]1(C)c2ccccc2-c2c(-n3c4ccccc4c4cc5sc6ccccc6c5cc43)nc(-c3ccccc3)nc21. The van der Waals surface area contributed by atoms with Gasteiger partial charge in [-0.15, -0.1) is 11.3 Å². The molecule has 0 saturated heterocycles. The average molecular weight is 560 g/mol. The van der Waals surface area contributed by atoms with Crippen molar-refractivity contribution in [2.24, 2.45) is 0 Å². The summed E-state index contributed by atoms with van der Waals surface area (Å²) in [5.74, 6) is 1.77. The topological polar surface area (TPSA) is 30.7 Å². The molecule has 4 heterocycles. The summed E-state index contributed by atoms with van der Waals surface area (Å²) in [7, 11) is -2.06. The lowest BCUT2D eigenvalue weighted by molar-refractivity contribution is 1.06. The van der Waals surface area contributed by atoms with Gasteiger partial charge in [0.05, 0.1) is 11.0 Å². The first-order valence-corrected chi connectivity index (χ1v) is 17.8. The maximum absolute atomic E-state index is 5.43. The second kappa shape index (κ2) is 8.23. The lowest BCUT2D eigenvalue weighted by Crippen LogP contribution is -2.51. The van der Waals surface area contributed by atoms with Crippen molar-refractivity contribution in [3.05, 3.63) is 115 Å². The minimum absolute atomic E-state index is 0.792. The molecule has 0 fully saturated rings. The monoisotopic (exact) mass is 559 g/mol. The molecule has 0 amide bonds. The van der Waals surface area contributed by atoms with Gasteiger partial charge in [-0.1, -0.05) is 104 Å². The van der Waals surface area contributed by atoms with Crippen LogP contribution in [0.4, 0.5) is 0 Å². The van der Waals surface area contributed by atoms with Gasteiger partial charge in [0.2, 0.25) is 0 Å². The molecule has 0 aliphatic carbocycles. The molecule has 9 rings (SSSR count). The Bertz CT molecular complexity index is 2350. The van der Waals surface area contributed by atoms with Gasteiger partial charge in [0.15, 0.2) is 5.82 Å². The van der Waals surface area contributed by atoms with Crippen LogP contribution in [0, 0.1) is 0 Å². The van der Waals surface area contributed by atoms with Crippen molar-refractivity contribution in [2.75, 3.05) is 0 Å². The van der Waals surface area contributed by atoms with Crippen LogP contribution in [0.1, 0.15) is 0 Å². The minimum atomic E-state index is -2.06. The molecule has 0 saturated carbocycles. The summed E-state index contributed by atoms with van der Waals surface area (Å²) in [5.41, 5.74) is 5.88. The number of nitrogens with zero attached hydrogens (tertiary/aromatic N) is 3. The van der Waals surface area contributed by atoms with Crippen molar-refractivity contribution in [3.8, 4) is 28.3 Å². The predicted molar refractivity (Wildman–Crippen MR) is 177 cm³/mol. The first-order chi connectivity index (χ1) is 20.1. The Kier molecular flexibility index (Phi) is 4.65. The molecule has 5 aromatic carbocycles. The van der Waals surface area contributed by atoms with E-state index in [1.165, 1.54) is 63.6 Å². The summed E-state index contributed by atoms with van der Waals surface area (Å²) in [4.78, 5) is 10.8. The molecule has 194 valence electrons. The van der Waals surface area contributed by atoms with E-state index in [1.54, 1.807) is 0 Å². The lowest BCUT2D eigenvalue weighted by atomic mass is 10.1. The molecule has 0 spiro atoms. The minimum Gasteiger partial charge on any atom is -0.293 e. The molecule has 0 radical (unpaired) electrons. The van der Waals surface area contributed by atoms with Crippen LogP contribution in [0.25, 0.3) is 70.3 Å². The van der Waals surface area contributed by atoms with Crippen molar-refractivity contribution in [2.45, 2.75) is 13.1 Å². The standard InChI is InChI=1S/C36H25N3SSi/c1-41(2)32-19-11-8-16-25(32)33-35(37-34(38-36(33)41)22-12-4-3-5-13-22)39-28-17-9-6-14-23(28)26-21-31-27(20-29(26)39)24-15-7-10-18-30(24)40-31/h3-21H,1-2H3. The Labute approximate surface area is 242 Å². The van der Waals surface area contributed by atoms with E-state index in [2.05, 4.69) is 133 Å². The highest BCUT2D eigenvalue weighted by Crippen LogP contribution is 2.42. The first kappa shape index (κ1) is 23.2. The van der Waals surface area contributed by atoms with Crippen LogP contribution in [-0.4, -0.2) is 22.6 Å². The predicted octanol–water partition coefficient (Wildman–Crippen LogP) is 8.41. The number of benzene rings is 5. The van der Waals surface area contributed by atoms with E-state index in [0.29, 0.717) is 0 Å². The average Bonchev–Trinajstić information content (AvgIpc) is 3.62. The molecule has 0 unspecified atom stereocenters. The molecule has 0 bridgehead atoms. The van der Waals surface area contributed by atoms with E-state index < -0.39 is 8.07 Å². The van der Waals surface area contributed by atoms with E-state index in [1.807, 2.05) is 11.3 Å². The van der Waals surface area contributed by atoms with E-state index in [4.69, 9.17) is 9.97 Å². The molecule has 41 heavy (non-hydrogen) atoms. The molecule has 0 N–H and O–H groups in total. The Morgan fingerprint density at radius 1 is 0.610 bits per heavy atom. The smallest absolute Gasteiger partial charge is 0.161 e. The number of aromatic nitrogens is 3. The van der Waals surface area contributed by atoms with Crippen molar-refractivity contribution >= 4 is 71.9 Å². The van der Waals surface area contributed by atoms with E-state index in [-0.39, 0.29) is 0 Å². The van der Waals surface area contributed by atoms with Gasteiger partial charge in [-0.3, -0.25) is 4.57 Å². The number of para-hydroxylation sites is 1. The molecule has 3 aromatic heterocycles. The van der Waals surface area contributed by atoms with Crippen molar-refractivity contribution in [1.29, 1.82) is 0 Å². The summed E-state index contributed by atoms with van der Waals surface area (Å²) in [6.07, 6.45) is 0. The highest BCUT2D eigenvalue weighted by molar-refractivity contribution is 7.25. The second-order valence-corrected chi connectivity index (χ2v) is 16.8. The zero-order valence-electron chi connectivity index (χ0n) is 22.7. The van der Waals surface area contributed by atoms with Gasteiger partial charge in [0.25, 0.3) is 0 Å². The van der Waals surface area contributed by atoms with Gasteiger partial charge in [-0.2, -0.15) is 0 Å². The van der Waals surface area contributed by atoms with Gasteiger partial charge in [0.1, 0.15) is 13.9 Å². The van der Waals surface area contributed by atoms with Gasteiger partial charge >= 0.3 is 0 Å². The first-order valence-electron chi connectivity index (χ1n) is 14.0. The number of fused-ring (bicyclic) bond motifs is 9. The molecular formula is C36H25N3SSi. The quantitative estimate of drug-likeness (QED) is 0.199. The molecule has 3 nitrogen and oxygen atoms in total. The van der Waals surface area contributed by atoms with Gasteiger partial charge < -0.3 is 0 Å². The Hall–Kier alpha value is -4.58. The Balaban J connectivity index is 1.48. The van der Waals surface area contributed by atoms with Crippen molar-refractivity contribution in [1.82, 2.24) is 14.5 Å². The summed E-state index contributed by atoms with van der Waals surface area (Å²) in [5, 5.41) is 7.77. The van der Waals surface area contributed by atoms with Crippen LogP contribution in [0.15, 0.2) is 115 Å². The maximum Gasteiger partial charge on any atom is 0.161 e. The summed E-state index contributed by atoms with van der Waals surface area (Å²) in [6, 6.07) is 41.6. The molecule has 1 aliphatic rings. The summed E-state index contributed by atoms with van der Waals surface area (Å²) in [6.45, 7) is 4.85. The Morgan fingerprint density at radius 3 is 2.22 bits per heavy atom. The fourth-order valence-corrected chi connectivity index (χ4v) is 10.8. The van der Waals surface area contributed by atoms with E-state index in [0.717, 1.165) is 17.2 Å². The van der Waals surface area contributed by atoms with Crippen LogP contribution in [0.2, 0.25) is 13.1 Å². The highest BCUT2D eigenvalue weighted by Gasteiger charge is 2.42. The summed E-state index contributed by atoms with van der Waals surface area (Å²) < 4.78 is 5.05. The zero-order valence-corrected chi connectivity index (χ0v) is 24.5. The molecule has 8 aromatic rings. The number of rotatable bonds is 2. The normalized spacial score (nSPS) is 13.8. The molecule has 5 heteroatoms. The van der Waals surface area contributed by atoms with Crippen molar-refractivity contribution in [3.63, 3.8) is 0 Å². The van der Waals surface area contributed by atoms with E-state index in [9.17, 15) is 0 Å². The van der Waals surface area contributed by atoms with Crippen LogP contribution >= 0.6 is 11.3 Å². The third-order valence-electron chi connectivity index (χ3n) is 8.77.